The molecule has 0 radical (unpaired) electrons. The highest BCUT2D eigenvalue weighted by Crippen LogP contribution is 2.14. The molecule has 0 aliphatic carbocycles. The van der Waals surface area contributed by atoms with E-state index in [0.29, 0.717) is 12.2 Å². The maximum atomic E-state index is 11.9. The van der Waals surface area contributed by atoms with Gasteiger partial charge >= 0.3 is 0 Å². The average molecular weight is 260 g/mol. The van der Waals surface area contributed by atoms with Gasteiger partial charge in [-0.2, -0.15) is 5.10 Å². The fraction of sp³-hybridized carbons (Fsp3) is 0.500. The van der Waals surface area contributed by atoms with Crippen LogP contribution in [-0.2, 0) is 19.5 Å². The normalized spacial score (nSPS) is 14.2. The zero-order valence-corrected chi connectivity index (χ0v) is 10.8. The summed E-state index contributed by atoms with van der Waals surface area (Å²) in [5.74, 6) is 1.64. The van der Waals surface area contributed by atoms with Crippen molar-refractivity contribution >= 4 is 5.91 Å². The molecule has 0 bridgehead atoms. The Morgan fingerprint density at radius 2 is 2.37 bits per heavy atom. The summed E-state index contributed by atoms with van der Waals surface area (Å²) < 4.78 is 2.10. The van der Waals surface area contributed by atoms with Crippen LogP contribution in [0, 0.1) is 6.92 Å². The lowest BCUT2D eigenvalue weighted by Gasteiger charge is -2.14. The smallest absolute Gasteiger partial charge is 0.272 e. The summed E-state index contributed by atoms with van der Waals surface area (Å²) in [5.41, 5.74) is 1.26. The number of fused-ring (bicyclic) bond motifs is 1. The number of aromatic nitrogens is 5. The number of rotatable bonds is 3. The SMILES string of the molecule is Cc1cc(C(=O)NCc2nnc3n2CCCC3)n[nH]1. The van der Waals surface area contributed by atoms with Crippen molar-refractivity contribution < 1.29 is 4.79 Å². The van der Waals surface area contributed by atoms with Crippen LogP contribution in [0.25, 0.3) is 0 Å². The van der Waals surface area contributed by atoms with Gasteiger partial charge in [0.15, 0.2) is 5.82 Å². The minimum absolute atomic E-state index is 0.197. The first-order valence-corrected chi connectivity index (χ1v) is 6.45. The predicted octanol–water partition coefficient (Wildman–Crippen LogP) is 0.576. The maximum absolute atomic E-state index is 11.9. The lowest BCUT2D eigenvalue weighted by molar-refractivity contribution is 0.0944. The molecule has 2 aromatic rings. The van der Waals surface area contributed by atoms with Gasteiger partial charge in [-0.15, -0.1) is 10.2 Å². The topological polar surface area (TPSA) is 88.5 Å². The fourth-order valence-corrected chi connectivity index (χ4v) is 2.28. The molecule has 0 unspecified atom stereocenters. The molecule has 7 nitrogen and oxygen atoms in total. The zero-order valence-electron chi connectivity index (χ0n) is 10.8. The molecule has 1 amide bonds. The van der Waals surface area contributed by atoms with E-state index >= 15 is 0 Å². The number of carbonyl (C=O) groups is 1. The first-order valence-electron chi connectivity index (χ1n) is 6.45. The first-order chi connectivity index (χ1) is 9.24. The predicted molar refractivity (Wildman–Crippen MR) is 67.5 cm³/mol. The minimum Gasteiger partial charge on any atom is -0.343 e. The van der Waals surface area contributed by atoms with E-state index in [-0.39, 0.29) is 5.91 Å². The molecule has 3 heterocycles. The summed E-state index contributed by atoms with van der Waals surface area (Å²) in [4.78, 5) is 11.9. The second-order valence-electron chi connectivity index (χ2n) is 4.76. The van der Waals surface area contributed by atoms with E-state index in [2.05, 4.69) is 30.3 Å². The Kier molecular flexibility index (Phi) is 3.02. The van der Waals surface area contributed by atoms with Crippen molar-refractivity contribution in [2.45, 2.75) is 39.3 Å². The summed E-state index contributed by atoms with van der Waals surface area (Å²) in [6.07, 6.45) is 3.28. The lowest BCUT2D eigenvalue weighted by Crippen LogP contribution is -2.26. The van der Waals surface area contributed by atoms with Gasteiger partial charge in [0.05, 0.1) is 6.54 Å². The largest absolute Gasteiger partial charge is 0.343 e. The van der Waals surface area contributed by atoms with E-state index in [0.717, 1.165) is 43.1 Å². The van der Waals surface area contributed by atoms with Crippen LogP contribution in [0.15, 0.2) is 6.07 Å². The summed E-state index contributed by atoms with van der Waals surface area (Å²) in [6.45, 7) is 3.19. The number of hydrogen-bond donors (Lipinski definition) is 2. The molecule has 2 aromatic heterocycles. The van der Waals surface area contributed by atoms with E-state index in [1.165, 1.54) is 0 Å². The van der Waals surface area contributed by atoms with E-state index < -0.39 is 0 Å². The molecule has 100 valence electrons. The molecule has 0 saturated carbocycles. The van der Waals surface area contributed by atoms with Crippen molar-refractivity contribution in [1.82, 2.24) is 30.3 Å². The Balaban J connectivity index is 1.66. The Bertz CT molecular complexity index is 599. The number of nitrogens with one attached hydrogen (secondary N) is 2. The van der Waals surface area contributed by atoms with Crippen LogP contribution in [0.2, 0.25) is 0 Å². The highest BCUT2D eigenvalue weighted by atomic mass is 16.1. The molecule has 0 fully saturated rings. The summed E-state index contributed by atoms with van der Waals surface area (Å²) >= 11 is 0. The van der Waals surface area contributed by atoms with Crippen LogP contribution in [0.1, 0.15) is 40.7 Å². The van der Waals surface area contributed by atoms with E-state index in [4.69, 9.17) is 0 Å². The number of H-pyrrole nitrogens is 1. The minimum atomic E-state index is -0.197. The highest BCUT2D eigenvalue weighted by Gasteiger charge is 2.16. The Hall–Kier alpha value is -2.18. The molecule has 7 heteroatoms. The molecule has 19 heavy (non-hydrogen) atoms. The molecule has 0 aromatic carbocycles. The van der Waals surface area contributed by atoms with Gasteiger partial charge in [0.2, 0.25) is 0 Å². The molecule has 0 saturated heterocycles. The second kappa shape index (κ2) is 4.83. The van der Waals surface area contributed by atoms with Crippen molar-refractivity contribution in [1.29, 1.82) is 0 Å². The van der Waals surface area contributed by atoms with Crippen molar-refractivity contribution in [2.75, 3.05) is 0 Å². The number of aromatic amines is 1. The molecule has 0 spiro atoms. The van der Waals surface area contributed by atoms with E-state index in [1.54, 1.807) is 6.07 Å². The Labute approximate surface area is 110 Å². The standard InChI is InChI=1S/C12H16N6O/c1-8-6-9(15-14-8)12(19)13-7-11-17-16-10-4-2-3-5-18(10)11/h6H,2-5,7H2,1H3,(H,13,19)(H,14,15). The lowest BCUT2D eigenvalue weighted by atomic mass is 10.2. The van der Waals surface area contributed by atoms with Crippen LogP contribution in [0.4, 0.5) is 0 Å². The molecule has 3 rings (SSSR count). The molecular weight excluding hydrogens is 244 g/mol. The number of amides is 1. The summed E-state index contributed by atoms with van der Waals surface area (Å²) in [6, 6.07) is 1.72. The number of carbonyl (C=O) groups excluding carboxylic acids is 1. The van der Waals surface area contributed by atoms with Crippen LogP contribution in [0.5, 0.6) is 0 Å². The number of nitrogens with zero attached hydrogens (tertiary/aromatic N) is 4. The van der Waals surface area contributed by atoms with E-state index in [1.807, 2.05) is 6.92 Å². The van der Waals surface area contributed by atoms with Crippen molar-refractivity contribution in [3.05, 3.63) is 29.1 Å². The maximum Gasteiger partial charge on any atom is 0.272 e. The first kappa shape index (κ1) is 11.9. The zero-order chi connectivity index (χ0) is 13.2. The van der Waals surface area contributed by atoms with Gasteiger partial charge in [-0.25, -0.2) is 0 Å². The van der Waals surface area contributed by atoms with Gasteiger partial charge in [-0.1, -0.05) is 0 Å². The summed E-state index contributed by atoms with van der Waals surface area (Å²) in [5, 5.41) is 17.8. The monoisotopic (exact) mass is 260 g/mol. The van der Waals surface area contributed by atoms with Gasteiger partial charge in [-0.05, 0) is 25.8 Å². The molecule has 2 N–H and O–H groups in total. The number of aryl methyl sites for hydroxylation is 2. The van der Waals surface area contributed by atoms with Gasteiger partial charge in [-0.3, -0.25) is 9.89 Å². The Morgan fingerprint density at radius 1 is 1.47 bits per heavy atom. The van der Waals surface area contributed by atoms with Crippen LogP contribution < -0.4 is 5.32 Å². The van der Waals surface area contributed by atoms with Crippen molar-refractivity contribution in [3.8, 4) is 0 Å². The van der Waals surface area contributed by atoms with Crippen LogP contribution in [-0.4, -0.2) is 30.9 Å². The van der Waals surface area contributed by atoms with Crippen LogP contribution in [0.3, 0.4) is 0 Å². The molecule has 1 aliphatic heterocycles. The van der Waals surface area contributed by atoms with E-state index in [9.17, 15) is 4.79 Å². The van der Waals surface area contributed by atoms with Crippen LogP contribution >= 0.6 is 0 Å². The van der Waals surface area contributed by atoms with Crippen molar-refractivity contribution in [2.24, 2.45) is 0 Å². The third-order valence-electron chi connectivity index (χ3n) is 3.28. The van der Waals surface area contributed by atoms with Gasteiger partial charge < -0.3 is 9.88 Å². The third kappa shape index (κ3) is 2.35. The van der Waals surface area contributed by atoms with Gasteiger partial charge in [0.1, 0.15) is 11.5 Å². The van der Waals surface area contributed by atoms with Crippen molar-refractivity contribution in [3.63, 3.8) is 0 Å². The summed E-state index contributed by atoms with van der Waals surface area (Å²) in [7, 11) is 0. The number of hydrogen-bond acceptors (Lipinski definition) is 4. The fourth-order valence-electron chi connectivity index (χ4n) is 2.28. The average Bonchev–Trinajstić information content (AvgIpc) is 3.02. The van der Waals surface area contributed by atoms with Gasteiger partial charge in [0, 0.05) is 18.7 Å². The molecule has 1 aliphatic rings. The highest BCUT2D eigenvalue weighted by molar-refractivity contribution is 5.92. The van der Waals surface area contributed by atoms with Gasteiger partial charge in [0.25, 0.3) is 5.91 Å². The molecule has 0 atom stereocenters. The third-order valence-corrected chi connectivity index (χ3v) is 3.28. The Morgan fingerprint density at radius 3 is 3.16 bits per heavy atom. The second-order valence-corrected chi connectivity index (χ2v) is 4.76. The quantitative estimate of drug-likeness (QED) is 0.844. The molecular formula is C12H16N6O.